The van der Waals surface area contributed by atoms with Gasteiger partial charge in [0.1, 0.15) is 22.8 Å². The predicted molar refractivity (Wildman–Crippen MR) is 151 cm³/mol. The number of carbonyl (C=O) groups is 1. The lowest BCUT2D eigenvalue weighted by Gasteiger charge is -2.28. The van der Waals surface area contributed by atoms with Crippen LogP contribution in [-0.4, -0.2) is 37.8 Å². The Balaban J connectivity index is 0.00000134. The van der Waals surface area contributed by atoms with Crippen molar-refractivity contribution in [1.29, 1.82) is 0 Å². The van der Waals surface area contributed by atoms with Crippen LogP contribution in [0.2, 0.25) is 0 Å². The van der Waals surface area contributed by atoms with Gasteiger partial charge in [0.05, 0.1) is 33.3 Å². The highest BCUT2D eigenvalue weighted by atomic mass is 32.1. The summed E-state index contributed by atoms with van der Waals surface area (Å²) in [6.07, 6.45) is 0.466. The van der Waals surface area contributed by atoms with Gasteiger partial charge in [0.25, 0.3) is 5.66 Å². The van der Waals surface area contributed by atoms with Crippen LogP contribution in [0.5, 0.6) is 0 Å². The van der Waals surface area contributed by atoms with E-state index in [1.807, 2.05) is 27.7 Å². The van der Waals surface area contributed by atoms with Gasteiger partial charge >= 0.3 is 6.18 Å². The Morgan fingerprint density at radius 3 is 2.15 bits per heavy atom. The van der Waals surface area contributed by atoms with Crippen molar-refractivity contribution >= 4 is 43.1 Å². The van der Waals surface area contributed by atoms with E-state index >= 15 is 0 Å². The lowest BCUT2D eigenvalue weighted by Crippen LogP contribution is -2.25. The summed E-state index contributed by atoms with van der Waals surface area (Å²) < 4.78 is 69.3. The Labute approximate surface area is 235 Å². The third-order valence-electron chi connectivity index (χ3n) is 5.50. The van der Waals surface area contributed by atoms with Gasteiger partial charge in [0.2, 0.25) is 0 Å². The molecule has 4 aromatic rings. The third-order valence-corrected chi connectivity index (χ3v) is 6.91. The van der Waals surface area contributed by atoms with Gasteiger partial charge in [0.15, 0.2) is 5.78 Å². The van der Waals surface area contributed by atoms with Gasteiger partial charge in [0, 0.05) is 37.9 Å². The number of nitrogens with zero attached hydrogens (tertiary/aromatic N) is 6. The average Bonchev–Trinajstić information content (AvgIpc) is 3.43. The van der Waals surface area contributed by atoms with Gasteiger partial charge in [-0.1, -0.05) is 36.9 Å². The van der Waals surface area contributed by atoms with Gasteiger partial charge < -0.3 is 4.90 Å². The van der Waals surface area contributed by atoms with Gasteiger partial charge in [-0.25, -0.2) is 15.0 Å². The normalized spacial score (nSPS) is 12.1. The second kappa shape index (κ2) is 13.5. The van der Waals surface area contributed by atoms with Crippen molar-refractivity contribution in [2.24, 2.45) is 0 Å². The van der Waals surface area contributed by atoms with Crippen molar-refractivity contribution in [3.8, 4) is 10.7 Å². The van der Waals surface area contributed by atoms with Crippen LogP contribution >= 0.6 is 20.6 Å². The molecule has 0 aliphatic heterocycles. The fourth-order valence-electron chi connectivity index (χ4n) is 3.59. The first-order valence-electron chi connectivity index (χ1n) is 12.3. The largest absolute Gasteiger partial charge is 0.416 e. The minimum Gasteiger partial charge on any atom is -0.351 e. The van der Waals surface area contributed by atoms with E-state index < -0.39 is 29.0 Å². The number of rotatable bonds is 6. The highest BCUT2D eigenvalue weighted by Crippen LogP contribution is 2.44. The molecular formula is C26H30F5N6OPS. The number of benzene rings is 1. The standard InChI is InChI=1S/C22H18F5N6OPS.2C2H6/c1-10(16-18(29-5-4-28-16)20-30-8-15(36-20)11(2)34)33(3)19-13-6-12(21(23,24)25)7-14(22(26,27)35)17(13)31-9-32-19;2*1-2/h4-10H,35H2,1-3H3;2*1-2H3. The molecule has 0 fully saturated rings. The molecule has 40 heavy (non-hydrogen) atoms. The molecule has 1 aromatic carbocycles. The molecule has 4 rings (SSSR count). The van der Waals surface area contributed by atoms with E-state index in [0.717, 1.165) is 23.7 Å². The van der Waals surface area contributed by atoms with Crippen LogP contribution in [0.3, 0.4) is 0 Å². The van der Waals surface area contributed by atoms with Crippen LogP contribution in [0.15, 0.2) is 37.1 Å². The minimum atomic E-state index is -4.87. The molecule has 0 saturated heterocycles. The highest BCUT2D eigenvalue weighted by molar-refractivity contribution is 7.17. The highest BCUT2D eigenvalue weighted by Gasteiger charge is 2.37. The lowest BCUT2D eigenvalue weighted by atomic mass is 10.0. The number of thiazole rings is 1. The number of halogens is 5. The number of hydrogen-bond acceptors (Lipinski definition) is 8. The van der Waals surface area contributed by atoms with Crippen LogP contribution in [0, 0.1) is 0 Å². The molecule has 0 aliphatic rings. The van der Waals surface area contributed by atoms with E-state index in [2.05, 4.69) is 24.9 Å². The molecule has 14 heteroatoms. The minimum absolute atomic E-state index is 0.00531. The fraction of sp³-hybridized carbons (Fsp3) is 0.385. The summed E-state index contributed by atoms with van der Waals surface area (Å²) in [6.45, 7) is 11.1. The summed E-state index contributed by atoms with van der Waals surface area (Å²) >= 11 is 1.13. The van der Waals surface area contributed by atoms with Crippen molar-refractivity contribution in [2.45, 2.75) is 59.4 Å². The summed E-state index contributed by atoms with van der Waals surface area (Å²) in [5.41, 5.74) is -5.32. The van der Waals surface area contributed by atoms with Crippen LogP contribution < -0.4 is 4.90 Å². The van der Waals surface area contributed by atoms with E-state index in [-0.39, 0.29) is 22.5 Å². The van der Waals surface area contributed by atoms with Crippen molar-refractivity contribution in [3.63, 3.8) is 0 Å². The van der Waals surface area contributed by atoms with E-state index in [9.17, 15) is 26.7 Å². The van der Waals surface area contributed by atoms with Crippen LogP contribution in [0.4, 0.5) is 27.8 Å². The van der Waals surface area contributed by atoms with Crippen LogP contribution in [0.25, 0.3) is 21.6 Å². The first-order chi connectivity index (χ1) is 18.8. The fourth-order valence-corrected chi connectivity index (χ4v) is 4.62. The zero-order chi connectivity index (χ0) is 30.4. The Hall–Kier alpha value is -3.18. The van der Waals surface area contributed by atoms with Gasteiger partial charge in [-0.05, 0) is 19.1 Å². The molecule has 0 N–H and O–H groups in total. The summed E-state index contributed by atoms with van der Waals surface area (Å²) in [4.78, 5) is 34.6. The molecule has 7 nitrogen and oxygen atoms in total. The van der Waals surface area contributed by atoms with Crippen molar-refractivity contribution in [2.75, 3.05) is 11.9 Å². The Morgan fingerprint density at radius 2 is 1.60 bits per heavy atom. The van der Waals surface area contributed by atoms with Crippen molar-refractivity contribution < 1.29 is 26.7 Å². The van der Waals surface area contributed by atoms with E-state index in [1.165, 1.54) is 39.7 Å². The first-order valence-corrected chi connectivity index (χ1v) is 13.7. The summed E-state index contributed by atoms with van der Waals surface area (Å²) in [5.74, 6) is -0.168. The molecule has 3 aromatic heterocycles. The summed E-state index contributed by atoms with van der Waals surface area (Å²) in [7, 11) is 2.80. The Morgan fingerprint density at radius 1 is 0.975 bits per heavy atom. The van der Waals surface area contributed by atoms with E-state index in [1.54, 1.807) is 14.0 Å². The molecule has 3 heterocycles. The number of aromatic nitrogens is 5. The van der Waals surface area contributed by atoms with E-state index in [0.29, 0.717) is 27.3 Å². The van der Waals surface area contributed by atoms with Gasteiger partial charge in [-0.2, -0.15) is 22.0 Å². The maximum Gasteiger partial charge on any atom is 0.416 e. The molecule has 216 valence electrons. The van der Waals surface area contributed by atoms with Crippen molar-refractivity contribution in [3.05, 3.63) is 58.7 Å². The monoisotopic (exact) mass is 600 g/mol. The Bertz CT molecular complexity index is 1460. The van der Waals surface area contributed by atoms with Gasteiger partial charge in [-0.3, -0.25) is 14.8 Å². The topological polar surface area (TPSA) is 84.8 Å². The molecule has 0 saturated carbocycles. The number of ketones is 1. The number of fused-ring (bicyclic) bond motifs is 1. The molecule has 0 amide bonds. The number of carbonyl (C=O) groups excluding carboxylic acids is 1. The molecule has 2 atom stereocenters. The maximum absolute atomic E-state index is 14.3. The number of alkyl halides is 5. The number of hydrogen-bond donors (Lipinski definition) is 0. The summed E-state index contributed by atoms with van der Waals surface area (Å²) in [5, 5.41) is 0.234. The zero-order valence-electron chi connectivity index (χ0n) is 23.0. The average molecular weight is 601 g/mol. The van der Waals surface area contributed by atoms with Crippen LogP contribution in [-0.2, 0) is 11.8 Å². The zero-order valence-corrected chi connectivity index (χ0v) is 25.0. The molecule has 0 spiro atoms. The first kappa shape index (κ1) is 33.0. The van der Waals surface area contributed by atoms with E-state index in [4.69, 9.17) is 0 Å². The van der Waals surface area contributed by atoms with Crippen molar-refractivity contribution in [1.82, 2.24) is 24.9 Å². The van der Waals surface area contributed by atoms with Crippen LogP contribution in [0.1, 0.15) is 74.1 Å². The SMILES string of the molecule is CC.CC.CC(=O)c1cnc(-c2nccnc2C(C)N(C)c2ncnc3c(C(F)(F)P)cc(C(F)(F)F)cc23)s1. The lowest BCUT2D eigenvalue weighted by molar-refractivity contribution is -0.137. The quantitative estimate of drug-likeness (QED) is 0.126. The maximum atomic E-state index is 14.3. The number of Topliss-reactive ketones (excluding diaryl/α,β-unsaturated/α-hetero) is 1. The molecule has 0 aliphatic carbocycles. The molecule has 0 bridgehead atoms. The molecule has 0 radical (unpaired) electrons. The summed E-state index contributed by atoms with van der Waals surface area (Å²) in [6, 6.07) is 0.516. The molecule has 2 unspecified atom stereocenters. The predicted octanol–water partition coefficient (Wildman–Crippen LogP) is 7.94. The smallest absolute Gasteiger partial charge is 0.351 e. The Kier molecular flexibility index (Phi) is 11.1. The second-order valence-corrected chi connectivity index (χ2v) is 9.66. The number of anilines is 1. The third kappa shape index (κ3) is 7.11. The molecular weight excluding hydrogens is 570 g/mol. The van der Waals surface area contributed by atoms with Gasteiger partial charge in [-0.15, -0.1) is 11.3 Å². The second-order valence-electron chi connectivity index (χ2n) is 7.90.